The van der Waals surface area contributed by atoms with Crippen LogP contribution in [0.5, 0.6) is 0 Å². The molecule has 7 atom stereocenters. The zero-order valence-corrected chi connectivity index (χ0v) is 20.7. The topological polar surface area (TPSA) is 215 Å². The molecule has 2 rings (SSSR count). The van der Waals surface area contributed by atoms with Gasteiger partial charge in [0.25, 0.3) is 0 Å². The summed E-state index contributed by atoms with van der Waals surface area (Å²) in [7, 11) is 0. The molecule has 0 aromatic rings. The number of nitrogens with zero attached hydrogens (tertiary/aromatic N) is 1. The number of ether oxygens (including phenoxy) is 1. The van der Waals surface area contributed by atoms with Gasteiger partial charge in [-0.25, -0.2) is 0 Å². The SMILES string of the molecule is CC(NC(=O)C1CCCN1C(=O)C(N)CCCCNCC(F)(F)C1(O)CC(O)C(O)C(CO)O1)C(=O)O. The predicted octanol–water partition coefficient (Wildman–Crippen LogP) is -2.52. The van der Waals surface area contributed by atoms with Gasteiger partial charge in [0, 0.05) is 13.0 Å². The van der Waals surface area contributed by atoms with E-state index < -0.39 is 85.5 Å². The summed E-state index contributed by atoms with van der Waals surface area (Å²) in [5.41, 5.74) is 5.99. The molecule has 0 radical (unpaired) electrons. The summed E-state index contributed by atoms with van der Waals surface area (Å²) in [4.78, 5) is 37.4. The number of amides is 2. The molecule has 2 amide bonds. The minimum Gasteiger partial charge on any atom is -0.480 e. The van der Waals surface area contributed by atoms with Gasteiger partial charge in [-0.1, -0.05) is 6.42 Å². The van der Waals surface area contributed by atoms with Crippen LogP contribution in [-0.4, -0.2) is 123 Å². The Labute approximate surface area is 212 Å². The molecule has 0 aliphatic carbocycles. The fourth-order valence-corrected chi connectivity index (χ4v) is 4.41. The van der Waals surface area contributed by atoms with Crippen LogP contribution in [-0.2, 0) is 19.1 Å². The second-order valence-corrected chi connectivity index (χ2v) is 9.63. The van der Waals surface area contributed by atoms with Crippen LogP contribution >= 0.6 is 0 Å². The van der Waals surface area contributed by atoms with Crippen LogP contribution in [0.3, 0.4) is 0 Å². The zero-order chi connectivity index (χ0) is 28.0. The third kappa shape index (κ3) is 7.75. The lowest BCUT2D eigenvalue weighted by Crippen LogP contribution is -2.65. The molecule has 9 N–H and O–H groups in total. The molecule has 0 aromatic heterocycles. The highest BCUT2D eigenvalue weighted by molar-refractivity contribution is 5.92. The number of halogens is 2. The van der Waals surface area contributed by atoms with Gasteiger partial charge in [0.05, 0.1) is 25.3 Å². The van der Waals surface area contributed by atoms with Crippen molar-refractivity contribution in [1.29, 1.82) is 0 Å². The summed E-state index contributed by atoms with van der Waals surface area (Å²) in [5, 5.41) is 52.6. The van der Waals surface area contributed by atoms with E-state index in [1.165, 1.54) is 11.8 Å². The first-order chi connectivity index (χ1) is 17.2. The molecule has 2 aliphatic heterocycles. The van der Waals surface area contributed by atoms with Crippen LogP contribution in [0, 0.1) is 0 Å². The predicted molar refractivity (Wildman–Crippen MR) is 123 cm³/mol. The van der Waals surface area contributed by atoms with Crippen LogP contribution < -0.4 is 16.4 Å². The number of carbonyl (C=O) groups is 3. The van der Waals surface area contributed by atoms with E-state index >= 15 is 0 Å². The number of likely N-dealkylation sites (tertiary alicyclic amines) is 1. The number of hydrogen-bond donors (Lipinski definition) is 8. The smallest absolute Gasteiger partial charge is 0.325 e. The average Bonchev–Trinajstić information content (AvgIpc) is 3.32. The number of nitrogens with two attached hydrogens (primary N) is 1. The highest BCUT2D eigenvalue weighted by Crippen LogP contribution is 2.39. The number of unbranched alkanes of at least 4 members (excludes halogenated alkanes) is 1. The number of aliphatic hydroxyl groups excluding tert-OH is 3. The van der Waals surface area contributed by atoms with Crippen molar-refractivity contribution in [3.05, 3.63) is 0 Å². The number of carboxylic acids is 1. The normalized spacial score (nSPS) is 30.1. The fourth-order valence-electron chi connectivity index (χ4n) is 4.41. The number of carbonyl (C=O) groups excluding carboxylic acids is 2. The Morgan fingerprint density at radius 3 is 2.57 bits per heavy atom. The molecular formula is C22H38F2N4O9. The fraction of sp³-hybridized carbons (Fsp3) is 0.864. The van der Waals surface area contributed by atoms with E-state index in [2.05, 4.69) is 10.6 Å². The molecule has 0 bridgehead atoms. The van der Waals surface area contributed by atoms with Gasteiger partial charge in [-0.3, -0.25) is 14.4 Å². The second kappa shape index (κ2) is 13.2. The molecule has 0 spiro atoms. The van der Waals surface area contributed by atoms with Crippen molar-refractivity contribution in [2.24, 2.45) is 5.73 Å². The van der Waals surface area contributed by atoms with Gasteiger partial charge < -0.3 is 51.5 Å². The van der Waals surface area contributed by atoms with E-state index in [4.69, 9.17) is 20.7 Å². The zero-order valence-electron chi connectivity index (χ0n) is 20.7. The van der Waals surface area contributed by atoms with Crippen molar-refractivity contribution in [1.82, 2.24) is 15.5 Å². The number of aliphatic hydroxyl groups is 4. The molecular weight excluding hydrogens is 502 g/mol. The number of rotatable bonds is 13. The summed E-state index contributed by atoms with van der Waals surface area (Å²) in [5.74, 6) is -9.14. The van der Waals surface area contributed by atoms with Crippen molar-refractivity contribution >= 4 is 17.8 Å². The summed E-state index contributed by atoms with van der Waals surface area (Å²) in [6.45, 7) is -0.152. The molecule has 2 heterocycles. The lowest BCUT2D eigenvalue weighted by Gasteiger charge is -2.45. The quantitative estimate of drug-likeness (QED) is 0.114. The highest BCUT2D eigenvalue weighted by Gasteiger charge is 2.59. The molecule has 0 aromatic carbocycles. The monoisotopic (exact) mass is 540 g/mol. The average molecular weight is 541 g/mol. The van der Waals surface area contributed by atoms with Crippen molar-refractivity contribution < 1.29 is 53.4 Å². The Morgan fingerprint density at radius 1 is 1.27 bits per heavy atom. The van der Waals surface area contributed by atoms with E-state index in [1.54, 1.807) is 0 Å². The molecule has 2 fully saturated rings. The van der Waals surface area contributed by atoms with Crippen molar-refractivity contribution in [3.8, 4) is 0 Å². The lowest BCUT2D eigenvalue weighted by molar-refractivity contribution is -0.375. The number of alkyl halides is 2. The Bertz CT molecular complexity index is 808. The first-order valence-electron chi connectivity index (χ1n) is 12.3. The molecule has 13 nitrogen and oxygen atoms in total. The van der Waals surface area contributed by atoms with Gasteiger partial charge in [-0.15, -0.1) is 0 Å². The highest BCUT2D eigenvalue weighted by atomic mass is 19.3. The summed E-state index contributed by atoms with van der Waals surface area (Å²) >= 11 is 0. The maximum absolute atomic E-state index is 14.6. The van der Waals surface area contributed by atoms with Crippen LogP contribution in [0.1, 0.15) is 45.4 Å². The van der Waals surface area contributed by atoms with Crippen LogP contribution in [0.4, 0.5) is 8.78 Å². The van der Waals surface area contributed by atoms with Crippen LogP contribution in [0.25, 0.3) is 0 Å². The van der Waals surface area contributed by atoms with Crippen molar-refractivity contribution in [3.63, 3.8) is 0 Å². The van der Waals surface area contributed by atoms with Gasteiger partial charge >= 0.3 is 11.9 Å². The van der Waals surface area contributed by atoms with Crippen molar-refractivity contribution in [2.45, 2.75) is 93.6 Å². The maximum atomic E-state index is 14.6. The summed E-state index contributed by atoms with van der Waals surface area (Å²) < 4.78 is 34.0. The summed E-state index contributed by atoms with van der Waals surface area (Å²) in [6.07, 6.45) is -3.89. The Kier molecular flexibility index (Phi) is 11.1. The summed E-state index contributed by atoms with van der Waals surface area (Å²) in [6, 6.07) is -2.83. The molecule has 37 heavy (non-hydrogen) atoms. The Balaban J connectivity index is 1.75. The number of nitrogens with one attached hydrogen (secondary N) is 2. The number of hydrogen-bond acceptors (Lipinski definition) is 10. The lowest BCUT2D eigenvalue weighted by atomic mass is 9.91. The molecule has 0 saturated carbocycles. The standard InChI is InChI=1S/C22H38F2N4O9/c1-12(20(34)35)27-18(32)14-6-4-8-28(14)19(33)13(25)5-2-3-7-26-11-21(23,24)22(36)9-15(30)17(31)16(10-29)37-22/h12-17,26,29-31,36H,2-11,25H2,1H3,(H,27,32)(H,34,35). The van der Waals surface area contributed by atoms with E-state index in [1.807, 2.05) is 0 Å². The Hall–Kier alpha value is -2.01. The third-order valence-corrected chi connectivity index (χ3v) is 6.71. The van der Waals surface area contributed by atoms with E-state index in [0.717, 1.165) is 0 Å². The first kappa shape index (κ1) is 31.2. The maximum Gasteiger partial charge on any atom is 0.325 e. The first-order valence-corrected chi connectivity index (χ1v) is 12.3. The number of carboxylic acid groups (broad SMARTS) is 1. The molecule has 214 valence electrons. The van der Waals surface area contributed by atoms with Gasteiger partial charge in [-0.05, 0) is 39.2 Å². The Morgan fingerprint density at radius 2 is 1.95 bits per heavy atom. The molecule has 2 saturated heterocycles. The van der Waals surface area contributed by atoms with Gasteiger partial charge in [-0.2, -0.15) is 8.78 Å². The molecule has 15 heteroatoms. The van der Waals surface area contributed by atoms with E-state index in [0.29, 0.717) is 32.2 Å². The molecule has 2 aliphatic rings. The third-order valence-electron chi connectivity index (χ3n) is 6.71. The number of aliphatic carboxylic acids is 1. The van der Waals surface area contributed by atoms with Gasteiger partial charge in [0.1, 0.15) is 24.3 Å². The van der Waals surface area contributed by atoms with Crippen LogP contribution in [0.15, 0.2) is 0 Å². The van der Waals surface area contributed by atoms with E-state index in [-0.39, 0.29) is 13.0 Å². The van der Waals surface area contributed by atoms with Crippen molar-refractivity contribution in [2.75, 3.05) is 26.2 Å². The largest absolute Gasteiger partial charge is 0.480 e. The van der Waals surface area contributed by atoms with Gasteiger partial charge in [0.2, 0.25) is 17.6 Å². The van der Waals surface area contributed by atoms with Gasteiger partial charge in [0.15, 0.2) is 0 Å². The minimum atomic E-state index is -3.85. The van der Waals surface area contributed by atoms with Crippen LogP contribution in [0.2, 0.25) is 0 Å². The second-order valence-electron chi connectivity index (χ2n) is 9.63. The van der Waals surface area contributed by atoms with E-state index in [9.17, 15) is 38.5 Å². The minimum absolute atomic E-state index is 0.0863. The molecule has 7 unspecified atom stereocenters.